The summed E-state index contributed by atoms with van der Waals surface area (Å²) < 4.78 is 29.0. The van der Waals surface area contributed by atoms with Crippen molar-refractivity contribution < 1.29 is 23.1 Å². The van der Waals surface area contributed by atoms with Gasteiger partial charge in [0.2, 0.25) is 0 Å². The molecule has 3 rings (SSSR count). The minimum absolute atomic E-state index is 0.0258. The van der Waals surface area contributed by atoms with Crippen LogP contribution in [0.15, 0.2) is 59.6 Å². The zero-order valence-corrected chi connectivity index (χ0v) is 15.9. The predicted molar refractivity (Wildman–Crippen MR) is 103 cm³/mol. The summed E-state index contributed by atoms with van der Waals surface area (Å²) in [6.07, 6.45) is 1.40. The third kappa shape index (κ3) is 3.94. The van der Waals surface area contributed by atoms with Gasteiger partial charge < -0.3 is 5.11 Å². The number of hydrogen-bond donors (Lipinski definition) is 2. The van der Waals surface area contributed by atoms with E-state index >= 15 is 0 Å². The summed E-state index contributed by atoms with van der Waals surface area (Å²) in [5.74, 6) is -1.33. The number of aryl methyl sites for hydroxylation is 1. The van der Waals surface area contributed by atoms with Crippen LogP contribution < -0.4 is 4.72 Å². The van der Waals surface area contributed by atoms with Crippen molar-refractivity contribution in [2.75, 3.05) is 4.72 Å². The average molecular weight is 399 g/mol. The standard InChI is InChI=1S/C19H17N3O5S/c1-12(23)14-4-3-5-16(10-14)28(26,27)21-15-8-6-13(7-9-15)18-17(19(24)25)11-22(2)20-18/h3-11,21H,1-2H3,(H,24,25). The molecular weight excluding hydrogens is 382 g/mol. The number of ketones is 1. The number of sulfonamides is 1. The van der Waals surface area contributed by atoms with E-state index in [1.807, 2.05) is 0 Å². The predicted octanol–water partition coefficient (Wildman–Crippen LogP) is 2.79. The summed E-state index contributed by atoms with van der Waals surface area (Å²) in [5, 5.41) is 13.4. The SMILES string of the molecule is CC(=O)c1cccc(S(=O)(=O)Nc2ccc(-c3nn(C)cc3C(=O)O)cc2)c1. The van der Waals surface area contributed by atoms with Gasteiger partial charge in [-0.05, 0) is 31.2 Å². The summed E-state index contributed by atoms with van der Waals surface area (Å²) in [5.41, 5.74) is 1.48. The van der Waals surface area contributed by atoms with Gasteiger partial charge in [0.05, 0.1) is 4.90 Å². The first-order chi connectivity index (χ1) is 13.2. The van der Waals surface area contributed by atoms with Crippen molar-refractivity contribution in [1.29, 1.82) is 0 Å². The van der Waals surface area contributed by atoms with E-state index in [9.17, 15) is 23.1 Å². The number of hydrogen-bond acceptors (Lipinski definition) is 5. The van der Waals surface area contributed by atoms with E-state index in [2.05, 4.69) is 9.82 Å². The first-order valence-electron chi connectivity index (χ1n) is 8.18. The second kappa shape index (κ2) is 7.28. The number of nitrogens with one attached hydrogen (secondary N) is 1. The van der Waals surface area contributed by atoms with Crippen molar-refractivity contribution in [1.82, 2.24) is 9.78 Å². The Balaban J connectivity index is 1.88. The lowest BCUT2D eigenvalue weighted by atomic mass is 10.1. The molecule has 2 N–H and O–H groups in total. The van der Waals surface area contributed by atoms with Gasteiger partial charge in [0.15, 0.2) is 5.78 Å². The normalized spacial score (nSPS) is 11.2. The molecule has 3 aromatic rings. The van der Waals surface area contributed by atoms with Crippen LogP contribution in [0.4, 0.5) is 5.69 Å². The number of nitrogens with zero attached hydrogens (tertiary/aromatic N) is 2. The van der Waals surface area contributed by atoms with Crippen molar-refractivity contribution in [3.05, 3.63) is 65.9 Å². The smallest absolute Gasteiger partial charge is 0.339 e. The Labute approximate surface area is 161 Å². The summed E-state index contributed by atoms with van der Waals surface area (Å²) >= 11 is 0. The minimum atomic E-state index is -3.88. The second-order valence-corrected chi connectivity index (χ2v) is 7.82. The summed E-state index contributed by atoms with van der Waals surface area (Å²) in [4.78, 5) is 22.8. The summed E-state index contributed by atoms with van der Waals surface area (Å²) in [7, 11) is -2.26. The van der Waals surface area contributed by atoms with Crippen molar-refractivity contribution in [3.8, 4) is 11.3 Å². The average Bonchev–Trinajstić information content (AvgIpc) is 3.04. The molecule has 0 aliphatic rings. The molecule has 0 amide bonds. The molecule has 0 saturated heterocycles. The van der Waals surface area contributed by atoms with E-state index in [-0.39, 0.29) is 16.2 Å². The number of rotatable bonds is 6. The Morgan fingerprint density at radius 1 is 1.11 bits per heavy atom. The monoisotopic (exact) mass is 399 g/mol. The number of aromatic nitrogens is 2. The number of anilines is 1. The fourth-order valence-electron chi connectivity index (χ4n) is 2.65. The topological polar surface area (TPSA) is 118 Å². The zero-order chi connectivity index (χ0) is 20.5. The van der Waals surface area contributed by atoms with Crippen LogP contribution in [0.3, 0.4) is 0 Å². The van der Waals surface area contributed by atoms with Crippen molar-refractivity contribution >= 4 is 27.5 Å². The highest BCUT2D eigenvalue weighted by atomic mass is 32.2. The van der Waals surface area contributed by atoms with Crippen LogP contribution in [0.1, 0.15) is 27.6 Å². The zero-order valence-electron chi connectivity index (χ0n) is 15.1. The molecule has 8 nitrogen and oxygen atoms in total. The molecule has 9 heteroatoms. The number of aromatic carboxylic acids is 1. The van der Waals surface area contributed by atoms with Gasteiger partial charge in [-0.25, -0.2) is 13.2 Å². The van der Waals surface area contributed by atoms with E-state index in [4.69, 9.17) is 0 Å². The molecule has 0 unspecified atom stereocenters. The Kier molecular flexibility index (Phi) is 5.02. The number of carbonyl (C=O) groups excluding carboxylic acids is 1. The number of benzene rings is 2. The highest BCUT2D eigenvalue weighted by molar-refractivity contribution is 7.92. The molecule has 1 aromatic heterocycles. The van der Waals surface area contributed by atoms with E-state index in [1.165, 1.54) is 48.1 Å². The molecule has 0 aliphatic carbocycles. The Morgan fingerprint density at radius 2 is 1.79 bits per heavy atom. The number of carboxylic acid groups (broad SMARTS) is 1. The Bertz CT molecular complexity index is 1160. The van der Waals surface area contributed by atoms with Crippen LogP contribution in [0.25, 0.3) is 11.3 Å². The molecule has 0 bridgehead atoms. The van der Waals surface area contributed by atoms with Gasteiger partial charge in [-0.3, -0.25) is 14.2 Å². The van der Waals surface area contributed by atoms with Crippen LogP contribution in [-0.2, 0) is 17.1 Å². The van der Waals surface area contributed by atoms with Crippen molar-refractivity contribution in [2.45, 2.75) is 11.8 Å². The van der Waals surface area contributed by atoms with Crippen molar-refractivity contribution in [2.24, 2.45) is 7.05 Å². The van der Waals surface area contributed by atoms with Gasteiger partial charge in [0, 0.05) is 30.1 Å². The molecule has 0 fully saturated rings. The largest absolute Gasteiger partial charge is 0.478 e. The van der Waals surface area contributed by atoms with Crippen LogP contribution >= 0.6 is 0 Å². The maximum Gasteiger partial charge on any atom is 0.339 e. The number of carboxylic acids is 1. The molecule has 0 radical (unpaired) electrons. The molecule has 144 valence electrons. The molecule has 0 aliphatic heterocycles. The van der Waals surface area contributed by atoms with E-state index in [0.29, 0.717) is 22.5 Å². The van der Waals surface area contributed by atoms with E-state index in [0.717, 1.165) is 0 Å². The molecule has 0 spiro atoms. The molecule has 0 saturated carbocycles. The van der Waals surface area contributed by atoms with Crippen LogP contribution in [0, 0.1) is 0 Å². The first-order valence-corrected chi connectivity index (χ1v) is 9.67. The third-order valence-corrected chi connectivity index (χ3v) is 5.40. The molecule has 28 heavy (non-hydrogen) atoms. The highest BCUT2D eigenvalue weighted by Gasteiger charge is 2.18. The van der Waals surface area contributed by atoms with Crippen LogP contribution in [0.5, 0.6) is 0 Å². The number of carbonyl (C=O) groups is 2. The molecule has 2 aromatic carbocycles. The highest BCUT2D eigenvalue weighted by Crippen LogP contribution is 2.25. The lowest BCUT2D eigenvalue weighted by Gasteiger charge is -2.09. The Morgan fingerprint density at radius 3 is 2.39 bits per heavy atom. The summed E-state index contributed by atoms with van der Waals surface area (Å²) in [6.45, 7) is 1.36. The van der Waals surface area contributed by atoms with Gasteiger partial charge in [0.1, 0.15) is 11.3 Å². The maximum absolute atomic E-state index is 12.6. The van der Waals surface area contributed by atoms with Gasteiger partial charge in [-0.2, -0.15) is 5.10 Å². The Hall–Kier alpha value is -3.46. The first kappa shape index (κ1) is 19.3. The fraction of sp³-hybridized carbons (Fsp3) is 0.105. The third-order valence-electron chi connectivity index (χ3n) is 4.02. The fourth-order valence-corrected chi connectivity index (χ4v) is 3.75. The molecular formula is C19H17N3O5S. The van der Waals surface area contributed by atoms with Crippen LogP contribution in [-0.4, -0.2) is 35.1 Å². The van der Waals surface area contributed by atoms with Gasteiger partial charge in [-0.15, -0.1) is 0 Å². The number of Topliss-reactive ketones (excluding diaryl/α,β-unsaturated/α-hetero) is 1. The molecule has 1 heterocycles. The lowest BCUT2D eigenvalue weighted by Crippen LogP contribution is -2.13. The molecule has 0 atom stereocenters. The van der Waals surface area contributed by atoms with Gasteiger partial charge in [-0.1, -0.05) is 24.3 Å². The van der Waals surface area contributed by atoms with Gasteiger partial charge in [0.25, 0.3) is 10.0 Å². The quantitative estimate of drug-likeness (QED) is 0.615. The van der Waals surface area contributed by atoms with E-state index < -0.39 is 16.0 Å². The van der Waals surface area contributed by atoms with Crippen LogP contribution in [0.2, 0.25) is 0 Å². The van der Waals surface area contributed by atoms with Crippen molar-refractivity contribution in [3.63, 3.8) is 0 Å². The summed E-state index contributed by atoms with van der Waals surface area (Å²) in [6, 6.07) is 12.0. The minimum Gasteiger partial charge on any atom is -0.478 e. The lowest BCUT2D eigenvalue weighted by molar-refractivity contribution is 0.0697. The second-order valence-electron chi connectivity index (χ2n) is 6.14. The van der Waals surface area contributed by atoms with E-state index in [1.54, 1.807) is 25.2 Å². The maximum atomic E-state index is 12.6. The van der Waals surface area contributed by atoms with Gasteiger partial charge >= 0.3 is 5.97 Å².